The summed E-state index contributed by atoms with van der Waals surface area (Å²) in [5.74, 6) is 1.88. The standard InChI is InChI=1S/C25H24N2O2/c28-23(22-15-24(29)27-25(26-22)20-4-2-1-3-5-20)14-21(19-12-13-19)18-10-8-17(9-11-18)16-6-7-16/h1-5,8-11,15-16,19,21H,6-7,12-14H2,(H,26,27,29)/t21-/m0/s1. The van der Waals surface area contributed by atoms with Gasteiger partial charge in [0.1, 0.15) is 11.5 Å². The molecule has 4 heteroatoms. The van der Waals surface area contributed by atoms with Gasteiger partial charge in [0.25, 0.3) is 5.56 Å². The zero-order chi connectivity index (χ0) is 19.8. The molecule has 1 N–H and O–H groups in total. The lowest BCUT2D eigenvalue weighted by Gasteiger charge is -2.16. The number of aromatic nitrogens is 2. The lowest BCUT2D eigenvalue weighted by Crippen LogP contribution is -2.16. The third kappa shape index (κ3) is 4.07. The molecular formula is C25H24N2O2. The van der Waals surface area contributed by atoms with Crippen molar-refractivity contribution in [2.45, 2.75) is 43.9 Å². The van der Waals surface area contributed by atoms with Gasteiger partial charge in [-0.2, -0.15) is 0 Å². The number of nitrogens with zero attached hydrogens (tertiary/aromatic N) is 1. The highest BCUT2D eigenvalue weighted by Gasteiger charge is 2.34. The number of rotatable bonds is 7. The van der Waals surface area contributed by atoms with Crippen molar-refractivity contribution in [3.63, 3.8) is 0 Å². The van der Waals surface area contributed by atoms with E-state index in [2.05, 4.69) is 34.2 Å². The van der Waals surface area contributed by atoms with Crippen molar-refractivity contribution in [3.8, 4) is 11.4 Å². The first kappa shape index (κ1) is 18.0. The Hall–Kier alpha value is -3.01. The molecule has 5 rings (SSSR count). The number of hydrogen-bond acceptors (Lipinski definition) is 3. The van der Waals surface area contributed by atoms with Crippen LogP contribution in [0.5, 0.6) is 0 Å². The molecule has 0 saturated heterocycles. The highest BCUT2D eigenvalue weighted by molar-refractivity contribution is 5.95. The summed E-state index contributed by atoms with van der Waals surface area (Å²) >= 11 is 0. The van der Waals surface area contributed by atoms with Crippen LogP contribution in [0.2, 0.25) is 0 Å². The Morgan fingerprint density at radius 3 is 2.38 bits per heavy atom. The van der Waals surface area contributed by atoms with E-state index in [1.165, 1.54) is 42.9 Å². The summed E-state index contributed by atoms with van der Waals surface area (Å²) in [6.45, 7) is 0. The highest BCUT2D eigenvalue weighted by Crippen LogP contribution is 2.46. The molecule has 29 heavy (non-hydrogen) atoms. The minimum absolute atomic E-state index is 0.0588. The van der Waals surface area contributed by atoms with Crippen LogP contribution in [0.25, 0.3) is 11.4 Å². The molecule has 2 aromatic carbocycles. The zero-order valence-electron chi connectivity index (χ0n) is 16.3. The molecule has 0 radical (unpaired) electrons. The maximum absolute atomic E-state index is 13.1. The van der Waals surface area contributed by atoms with E-state index in [9.17, 15) is 9.59 Å². The van der Waals surface area contributed by atoms with Crippen LogP contribution in [0.15, 0.2) is 65.5 Å². The number of H-pyrrole nitrogens is 1. The largest absolute Gasteiger partial charge is 0.306 e. The van der Waals surface area contributed by atoms with Gasteiger partial charge in [-0.25, -0.2) is 4.98 Å². The number of carbonyl (C=O) groups is 1. The fraction of sp³-hybridized carbons (Fsp3) is 0.320. The maximum atomic E-state index is 13.1. The molecule has 2 aliphatic rings. The minimum Gasteiger partial charge on any atom is -0.306 e. The Bertz CT molecular complexity index is 1080. The molecule has 1 atom stereocenters. The van der Waals surface area contributed by atoms with Gasteiger partial charge in [-0.05, 0) is 54.6 Å². The second-order valence-corrected chi connectivity index (χ2v) is 8.36. The predicted molar refractivity (Wildman–Crippen MR) is 113 cm³/mol. The van der Waals surface area contributed by atoms with E-state index in [0.717, 1.165) is 11.5 Å². The van der Waals surface area contributed by atoms with Gasteiger partial charge in [0.15, 0.2) is 5.78 Å². The molecule has 0 spiro atoms. The molecule has 1 heterocycles. The van der Waals surface area contributed by atoms with Gasteiger partial charge in [0.05, 0.1) is 0 Å². The summed E-state index contributed by atoms with van der Waals surface area (Å²) in [5.41, 5.74) is 3.41. The van der Waals surface area contributed by atoms with Gasteiger partial charge >= 0.3 is 0 Å². The SMILES string of the molecule is O=C(C[C@@H](c1ccc(C2CC2)cc1)C1CC1)c1cc(=O)[nH]c(-c2ccccc2)n1. The molecule has 0 bridgehead atoms. The topological polar surface area (TPSA) is 62.8 Å². The molecule has 2 saturated carbocycles. The van der Waals surface area contributed by atoms with E-state index in [1.54, 1.807) is 0 Å². The molecule has 1 aromatic heterocycles. The number of nitrogens with one attached hydrogen (secondary N) is 1. The Morgan fingerprint density at radius 1 is 1.00 bits per heavy atom. The summed E-state index contributed by atoms with van der Waals surface area (Å²) in [6, 6.07) is 19.6. The normalized spacial score (nSPS) is 17.1. The van der Waals surface area contributed by atoms with E-state index >= 15 is 0 Å². The number of aromatic amines is 1. The Balaban J connectivity index is 1.39. The van der Waals surface area contributed by atoms with E-state index in [0.29, 0.717) is 18.2 Å². The summed E-state index contributed by atoms with van der Waals surface area (Å²) in [7, 11) is 0. The van der Waals surface area contributed by atoms with Crippen molar-refractivity contribution in [1.82, 2.24) is 9.97 Å². The molecule has 0 unspecified atom stereocenters. The molecule has 4 nitrogen and oxygen atoms in total. The van der Waals surface area contributed by atoms with Crippen molar-refractivity contribution in [1.29, 1.82) is 0 Å². The molecule has 2 aliphatic carbocycles. The van der Waals surface area contributed by atoms with Gasteiger partial charge in [-0.3, -0.25) is 9.59 Å². The van der Waals surface area contributed by atoms with Crippen LogP contribution in [0.4, 0.5) is 0 Å². The number of hydrogen-bond donors (Lipinski definition) is 1. The second kappa shape index (κ2) is 7.43. The number of Topliss-reactive ketones (excluding diaryl/α,β-unsaturated/α-hetero) is 1. The van der Waals surface area contributed by atoms with Crippen molar-refractivity contribution >= 4 is 5.78 Å². The van der Waals surface area contributed by atoms with Crippen molar-refractivity contribution < 1.29 is 4.79 Å². The number of ketones is 1. The van der Waals surface area contributed by atoms with Gasteiger partial charge in [-0.15, -0.1) is 0 Å². The number of carbonyl (C=O) groups excluding carboxylic acids is 1. The minimum atomic E-state index is -0.293. The molecule has 0 amide bonds. The maximum Gasteiger partial charge on any atom is 0.251 e. The second-order valence-electron chi connectivity index (χ2n) is 8.36. The Morgan fingerprint density at radius 2 is 1.72 bits per heavy atom. The van der Waals surface area contributed by atoms with Crippen LogP contribution < -0.4 is 5.56 Å². The summed E-state index contributed by atoms with van der Waals surface area (Å²) in [5, 5.41) is 0. The van der Waals surface area contributed by atoms with Crippen LogP contribution in [0.3, 0.4) is 0 Å². The van der Waals surface area contributed by atoms with Crippen LogP contribution in [-0.4, -0.2) is 15.8 Å². The van der Waals surface area contributed by atoms with Crippen LogP contribution in [-0.2, 0) is 0 Å². The Kier molecular flexibility index (Phi) is 4.62. The van der Waals surface area contributed by atoms with Gasteiger partial charge in [0, 0.05) is 18.1 Å². The third-order valence-corrected chi connectivity index (χ3v) is 6.08. The average Bonchev–Trinajstić information content (AvgIpc) is 3.65. The lowest BCUT2D eigenvalue weighted by molar-refractivity contribution is 0.0965. The first-order chi connectivity index (χ1) is 14.2. The smallest absolute Gasteiger partial charge is 0.251 e. The fourth-order valence-electron chi connectivity index (χ4n) is 4.12. The third-order valence-electron chi connectivity index (χ3n) is 6.08. The van der Waals surface area contributed by atoms with Gasteiger partial charge < -0.3 is 4.98 Å². The van der Waals surface area contributed by atoms with Gasteiger partial charge in [-0.1, -0.05) is 54.6 Å². The quantitative estimate of drug-likeness (QED) is 0.578. The van der Waals surface area contributed by atoms with E-state index in [-0.39, 0.29) is 23.0 Å². The van der Waals surface area contributed by atoms with Crippen LogP contribution in [0.1, 0.15) is 65.6 Å². The molecule has 3 aromatic rings. The Labute approximate surface area is 170 Å². The molecule has 146 valence electrons. The van der Waals surface area contributed by atoms with Gasteiger partial charge in [0.2, 0.25) is 0 Å². The predicted octanol–water partition coefficient (Wildman–Crippen LogP) is 5.08. The van der Waals surface area contributed by atoms with E-state index in [4.69, 9.17) is 0 Å². The van der Waals surface area contributed by atoms with Crippen LogP contribution >= 0.6 is 0 Å². The summed E-state index contributed by atoms with van der Waals surface area (Å²) < 4.78 is 0. The van der Waals surface area contributed by atoms with Crippen molar-refractivity contribution in [3.05, 3.63) is 87.8 Å². The van der Waals surface area contributed by atoms with Crippen molar-refractivity contribution in [2.75, 3.05) is 0 Å². The molecule has 0 aliphatic heterocycles. The average molecular weight is 384 g/mol. The van der Waals surface area contributed by atoms with E-state index in [1.807, 2.05) is 30.3 Å². The van der Waals surface area contributed by atoms with Crippen LogP contribution in [0, 0.1) is 5.92 Å². The highest BCUT2D eigenvalue weighted by atomic mass is 16.1. The van der Waals surface area contributed by atoms with E-state index < -0.39 is 0 Å². The monoisotopic (exact) mass is 384 g/mol. The first-order valence-electron chi connectivity index (χ1n) is 10.5. The zero-order valence-corrected chi connectivity index (χ0v) is 16.3. The number of benzene rings is 2. The molecule has 2 fully saturated rings. The lowest BCUT2D eigenvalue weighted by atomic mass is 9.88. The molecular weight excluding hydrogens is 360 g/mol. The summed E-state index contributed by atoms with van der Waals surface area (Å²) in [4.78, 5) is 32.4. The first-order valence-corrected chi connectivity index (χ1v) is 10.5. The fourth-order valence-corrected chi connectivity index (χ4v) is 4.12. The van der Waals surface area contributed by atoms with Crippen molar-refractivity contribution in [2.24, 2.45) is 5.92 Å². The summed E-state index contributed by atoms with van der Waals surface area (Å²) in [6.07, 6.45) is 5.32.